The zero-order chi connectivity index (χ0) is 22.1. The summed E-state index contributed by atoms with van der Waals surface area (Å²) < 4.78 is 11.0. The van der Waals surface area contributed by atoms with E-state index in [1.807, 2.05) is 57.2 Å². The van der Waals surface area contributed by atoms with Crippen LogP contribution in [0.5, 0.6) is 11.5 Å². The van der Waals surface area contributed by atoms with Crippen molar-refractivity contribution in [3.8, 4) is 11.5 Å². The van der Waals surface area contributed by atoms with Gasteiger partial charge in [-0.2, -0.15) is 0 Å². The highest BCUT2D eigenvalue weighted by molar-refractivity contribution is 5.88. The molecule has 0 bridgehead atoms. The first kappa shape index (κ1) is 23.3. The van der Waals surface area contributed by atoms with Crippen LogP contribution in [0.25, 0.3) is 0 Å². The molecule has 2 rings (SSSR count). The predicted octanol–water partition coefficient (Wildman–Crippen LogP) is 3.57. The van der Waals surface area contributed by atoms with E-state index in [-0.39, 0.29) is 18.4 Å². The van der Waals surface area contributed by atoms with E-state index in [0.717, 1.165) is 11.1 Å². The summed E-state index contributed by atoms with van der Waals surface area (Å²) in [4.78, 5) is 27.2. The average Bonchev–Trinajstić information content (AvgIpc) is 2.75. The van der Waals surface area contributed by atoms with E-state index in [2.05, 4.69) is 5.32 Å². The van der Waals surface area contributed by atoms with Gasteiger partial charge in [0.2, 0.25) is 5.91 Å². The van der Waals surface area contributed by atoms with Crippen LogP contribution in [0.15, 0.2) is 48.5 Å². The van der Waals surface area contributed by atoms with Gasteiger partial charge in [0.1, 0.15) is 6.04 Å². The minimum absolute atomic E-state index is 0.179. The van der Waals surface area contributed by atoms with Gasteiger partial charge in [-0.05, 0) is 37.5 Å². The molecule has 1 atom stereocenters. The van der Waals surface area contributed by atoms with Crippen LogP contribution in [-0.4, -0.2) is 43.0 Å². The molecular formula is C24H32N2O4. The summed E-state index contributed by atoms with van der Waals surface area (Å²) in [7, 11) is 1.55. The number of carbonyl (C=O) groups excluding carboxylic acids is 2. The van der Waals surface area contributed by atoms with Crippen LogP contribution in [0.2, 0.25) is 0 Å². The molecule has 0 heterocycles. The Morgan fingerprint density at radius 1 is 1.00 bits per heavy atom. The molecule has 1 unspecified atom stereocenters. The number of aryl methyl sites for hydroxylation is 1. The Labute approximate surface area is 179 Å². The number of ether oxygens (including phenoxy) is 2. The lowest BCUT2D eigenvalue weighted by molar-refractivity contribution is -0.142. The fraction of sp³-hybridized carbons (Fsp3) is 0.417. The number of carbonyl (C=O) groups is 2. The van der Waals surface area contributed by atoms with Crippen molar-refractivity contribution in [3.63, 3.8) is 0 Å². The largest absolute Gasteiger partial charge is 0.493 e. The molecular weight excluding hydrogens is 380 g/mol. The van der Waals surface area contributed by atoms with Gasteiger partial charge in [-0.25, -0.2) is 0 Å². The highest BCUT2D eigenvalue weighted by atomic mass is 16.5. The summed E-state index contributed by atoms with van der Waals surface area (Å²) in [5, 5.41) is 2.91. The van der Waals surface area contributed by atoms with Crippen molar-refractivity contribution in [2.24, 2.45) is 5.92 Å². The van der Waals surface area contributed by atoms with E-state index in [9.17, 15) is 9.59 Å². The second-order valence-corrected chi connectivity index (χ2v) is 7.76. The molecule has 0 saturated carbocycles. The molecule has 0 aliphatic carbocycles. The van der Waals surface area contributed by atoms with Crippen molar-refractivity contribution in [2.75, 3.05) is 20.3 Å². The predicted molar refractivity (Wildman–Crippen MR) is 118 cm³/mol. The zero-order valence-corrected chi connectivity index (χ0v) is 18.5. The summed E-state index contributed by atoms with van der Waals surface area (Å²) in [6.45, 7) is 8.51. The number of nitrogens with one attached hydrogen (secondary N) is 1. The summed E-state index contributed by atoms with van der Waals surface area (Å²) in [6, 6.07) is 14.5. The number of methoxy groups -OCH3 is 1. The second kappa shape index (κ2) is 11.2. The molecule has 6 nitrogen and oxygen atoms in total. The highest BCUT2D eigenvalue weighted by Crippen LogP contribution is 2.25. The maximum absolute atomic E-state index is 13.1. The van der Waals surface area contributed by atoms with Crippen LogP contribution in [0.4, 0.5) is 0 Å². The van der Waals surface area contributed by atoms with E-state index in [1.54, 1.807) is 31.1 Å². The first-order valence-electron chi connectivity index (χ1n) is 10.2. The SMILES string of the molecule is COc1ccccc1OCC(=O)N(Cc1ccc(C)cc1)C(C)C(=O)NCC(C)C. The second-order valence-electron chi connectivity index (χ2n) is 7.76. The average molecular weight is 413 g/mol. The van der Waals surface area contributed by atoms with E-state index in [4.69, 9.17) is 9.47 Å². The van der Waals surface area contributed by atoms with Gasteiger partial charge < -0.3 is 19.7 Å². The fourth-order valence-electron chi connectivity index (χ4n) is 2.89. The first-order chi connectivity index (χ1) is 14.3. The summed E-state index contributed by atoms with van der Waals surface area (Å²) in [5.41, 5.74) is 2.09. The molecule has 30 heavy (non-hydrogen) atoms. The molecule has 0 aliphatic rings. The topological polar surface area (TPSA) is 67.9 Å². The molecule has 2 amide bonds. The van der Waals surface area contributed by atoms with Crippen molar-refractivity contribution in [2.45, 2.75) is 40.3 Å². The van der Waals surface area contributed by atoms with E-state index in [1.165, 1.54) is 0 Å². The van der Waals surface area contributed by atoms with Gasteiger partial charge in [-0.15, -0.1) is 0 Å². The van der Waals surface area contributed by atoms with Crippen LogP contribution in [0.3, 0.4) is 0 Å². The quantitative estimate of drug-likeness (QED) is 0.648. The highest BCUT2D eigenvalue weighted by Gasteiger charge is 2.26. The Morgan fingerprint density at radius 2 is 1.63 bits per heavy atom. The fourth-order valence-corrected chi connectivity index (χ4v) is 2.89. The number of nitrogens with zero attached hydrogens (tertiary/aromatic N) is 1. The minimum Gasteiger partial charge on any atom is -0.493 e. The monoisotopic (exact) mass is 412 g/mol. The van der Waals surface area contributed by atoms with Crippen molar-refractivity contribution in [1.29, 1.82) is 0 Å². The Balaban J connectivity index is 2.15. The lowest BCUT2D eigenvalue weighted by atomic mass is 10.1. The molecule has 0 saturated heterocycles. The zero-order valence-electron chi connectivity index (χ0n) is 18.5. The molecule has 0 fully saturated rings. The summed E-state index contributed by atoms with van der Waals surface area (Å²) >= 11 is 0. The van der Waals surface area contributed by atoms with Crippen LogP contribution in [-0.2, 0) is 16.1 Å². The van der Waals surface area contributed by atoms with Gasteiger partial charge in [-0.3, -0.25) is 9.59 Å². The van der Waals surface area contributed by atoms with E-state index in [0.29, 0.717) is 30.5 Å². The number of amides is 2. The van der Waals surface area contributed by atoms with E-state index >= 15 is 0 Å². The first-order valence-corrected chi connectivity index (χ1v) is 10.2. The Morgan fingerprint density at radius 3 is 2.23 bits per heavy atom. The maximum atomic E-state index is 13.1. The van der Waals surface area contributed by atoms with Crippen LogP contribution in [0, 0.1) is 12.8 Å². The van der Waals surface area contributed by atoms with E-state index < -0.39 is 6.04 Å². The normalized spacial score (nSPS) is 11.7. The number of hydrogen-bond donors (Lipinski definition) is 1. The lowest BCUT2D eigenvalue weighted by Crippen LogP contribution is -2.49. The molecule has 162 valence electrons. The summed E-state index contributed by atoms with van der Waals surface area (Å²) in [5.74, 6) is 0.921. The van der Waals surface area contributed by atoms with Crippen molar-refractivity contribution < 1.29 is 19.1 Å². The number of benzene rings is 2. The Kier molecular flexibility index (Phi) is 8.71. The van der Waals surface area contributed by atoms with Gasteiger partial charge in [0.25, 0.3) is 5.91 Å². The standard InChI is InChI=1S/C24H32N2O4/c1-17(2)14-25-24(28)19(4)26(15-20-12-10-18(3)11-13-20)23(27)16-30-22-9-7-6-8-21(22)29-5/h6-13,17,19H,14-16H2,1-5H3,(H,25,28). The number of rotatable bonds is 10. The van der Waals surface area contributed by atoms with Gasteiger partial charge in [0.05, 0.1) is 7.11 Å². The van der Waals surface area contributed by atoms with Crippen LogP contribution < -0.4 is 14.8 Å². The number of hydrogen-bond acceptors (Lipinski definition) is 4. The molecule has 0 radical (unpaired) electrons. The molecule has 2 aromatic carbocycles. The Hall–Kier alpha value is -3.02. The number of para-hydroxylation sites is 2. The molecule has 0 spiro atoms. The molecule has 6 heteroatoms. The maximum Gasteiger partial charge on any atom is 0.261 e. The van der Waals surface area contributed by atoms with Crippen LogP contribution in [0.1, 0.15) is 31.9 Å². The molecule has 1 N–H and O–H groups in total. The molecule has 0 aliphatic heterocycles. The van der Waals surface area contributed by atoms with Crippen molar-refractivity contribution >= 4 is 11.8 Å². The van der Waals surface area contributed by atoms with Crippen LogP contribution >= 0.6 is 0 Å². The lowest BCUT2D eigenvalue weighted by Gasteiger charge is -2.29. The van der Waals surface area contributed by atoms with Gasteiger partial charge in [0.15, 0.2) is 18.1 Å². The molecule has 2 aromatic rings. The molecule has 0 aromatic heterocycles. The van der Waals surface area contributed by atoms with Crippen molar-refractivity contribution in [1.82, 2.24) is 10.2 Å². The third kappa shape index (κ3) is 6.79. The Bertz CT molecular complexity index is 833. The van der Waals surface area contributed by atoms with Gasteiger partial charge in [0, 0.05) is 13.1 Å². The smallest absolute Gasteiger partial charge is 0.261 e. The minimum atomic E-state index is -0.626. The van der Waals surface area contributed by atoms with Gasteiger partial charge >= 0.3 is 0 Å². The summed E-state index contributed by atoms with van der Waals surface area (Å²) in [6.07, 6.45) is 0. The third-order valence-electron chi connectivity index (χ3n) is 4.75. The van der Waals surface area contributed by atoms with Gasteiger partial charge in [-0.1, -0.05) is 55.8 Å². The third-order valence-corrected chi connectivity index (χ3v) is 4.75. The van der Waals surface area contributed by atoms with Crippen molar-refractivity contribution in [3.05, 3.63) is 59.7 Å².